The van der Waals surface area contributed by atoms with E-state index in [2.05, 4.69) is 9.72 Å². The lowest BCUT2D eigenvalue weighted by Crippen LogP contribution is -2.27. The van der Waals surface area contributed by atoms with E-state index >= 15 is 0 Å². The van der Waals surface area contributed by atoms with Crippen molar-refractivity contribution in [1.82, 2.24) is 4.98 Å². The predicted molar refractivity (Wildman–Crippen MR) is 72.3 cm³/mol. The molecule has 0 aliphatic carbocycles. The SMILES string of the molecule is CC(C)(CCOC(N)=O)C(=O)c1nc2ccccc2o1. The van der Waals surface area contributed by atoms with E-state index in [0.29, 0.717) is 17.5 Å². The molecule has 6 heteroatoms. The molecule has 0 saturated carbocycles. The average molecular weight is 276 g/mol. The summed E-state index contributed by atoms with van der Waals surface area (Å²) in [5.41, 5.74) is 5.34. The largest absolute Gasteiger partial charge is 0.450 e. The Labute approximate surface area is 115 Å². The van der Waals surface area contributed by atoms with E-state index in [9.17, 15) is 9.59 Å². The Kier molecular flexibility index (Phi) is 3.74. The third-order valence-electron chi connectivity index (χ3n) is 3.07. The van der Waals surface area contributed by atoms with Crippen LogP contribution in [0.15, 0.2) is 28.7 Å². The van der Waals surface area contributed by atoms with Crippen LogP contribution in [0.1, 0.15) is 31.0 Å². The number of benzene rings is 1. The van der Waals surface area contributed by atoms with E-state index in [1.807, 2.05) is 12.1 Å². The van der Waals surface area contributed by atoms with E-state index < -0.39 is 11.5 Å². The van der Waals surface area contributed by atoms with Crippen molar-refractivity contribution in [3.8, 4) is 0 Å². The van der Waals surface area contributed by atoms with E-state index in [0.717, 1.165) is 0 Å². The summed E-state index contributed by atoms with van der Waals surface area (Å²) in [6.45, 7) is 3.57. The summed E-state index contributed by atoms with van der Waals surface area (Å²) < 4.78 is 10.1. The van der Waals surface area contributed by atoms with Crippen molar-refractivity contribution >= 4 is 23.0 Å². The number of nitrogens with two attached hydrogens (primary N) is 1. The molecule has 1 aromatic heterocycles. The van der Waals surface area contributed by atoms with Gasteiger partial charge in [0.2, 0.25) is 5.78 Å². The zero-order valence-corrected chi connectivity index (χ0v) is 11.4. The highest BCUT2D eigenvalue weighted by Crippen LogP contribution is 2.27. The van der Waals surface area contributed by atoms with E-state index in [-0.39, 0.29) is 18.3 Å². The smallest absolute Gasteiger partial charge is 0.404 e. The molecular formula is C14H16N2O4. The Morgan fingerprint density at radius 1 is 1.35 bits per heavy atom. The number of primary amides is 1. The number of aromatic nitrogens is 1. The highest BCUT2D eigenvalue weighted by atomic mass is 16.5. The Morgan fingerprint density at radius 2 is 2.05 bits per heavy atom. The van der Waals surface area contributed by atoms with Crippen LogP contribution >= 0.6 is 0 Å². The topological polar surface area (TPSA) is 95.4 Å². The lowest BCUT2D eigenvalue weighted by atomic mass is 9.85. The second kappa shape index (κ2) is 5.32. The average Bonchev–Trinajstić information content (AvgIpc) is 2.80. The zero-order chi connectivity index (χ0) is 14.8. The van der Waals surface area contributed by atoms with Crippen LogP contribution in [-0.4, -0.2) is 23.5 Å². The van der Waals surface area contributed by atoms with Gasteiger partial charge in [-0.15, -0.1) is 0 Å². The number of carbonyl (C=O) groups is 2. The van der Waals surface area contributed by atoms with Crippen LogP contribution in [0.3, 0.4) is 0 Å². The van der Waals surface area contributed by atoms with Gasteiger partial charge < -0.3 is 14.9 Å². The van der Waals surface area contributed by atoms with Crippen molar-refractivity contribution < 1.29 is 18.7 Å². The molecule has 0 aliphatic rings. The van der Waals surface area contributed by atoms with Crippen LogP contribution in [0.25, 0.3) is 11.1 Å². The summed E-state index contributed by atoms with van der Waals surface area (Å²) in [6, 6.07) is 7.17. The van der Waals surface area contributed by atoms with Gasteiger partial charge in [0.05, 0.1) is 6.61 Å². The minimum Gasteiger partial charge on any atom is -0.450 e. The predicted octanol–water partition coefficient (Wildman–Crippen LogP) is 2.52. The van der Waals surface area contributed by atoms with Crippen LogP contribution in [0.5, 0.6) is 0 Å². The van der Waals surface area contributed by atoms with Crippen molar-refractivity contribution in [3.05, 3.63) is 30.2 Å². The van der Waals surface area contributed by atoms with Crippen LogP contribution in [0.2, 0.25) is 0 Å². The quantitative estimate of drug-likeness (QED) is 0.846. The third-order valence-corrected chi connectivity index (χ3v) is 3.07. The van der Waals surface area contributed by atoms with Gasteiger partial charge in [0.15, 0.2) is 5.58 Å². The van der Waals surface area contributed by atoms with Crippen molar-refractivity contribution in [2.45, 2.75) is 20.3 Å². The number of fused-ring (bicyclic) bond motifs is 1. The normalized spacial score (nSPS) is 11.5. The maximum atomic E-state index is 12.4. The third kappa shape index (κ3) is 2.96. The van der Waals surface area contributed by atoms with E-state index in [1.165, 1.54) is 0 Å². The molecule has 1 aromatic carbocycles. The van der Waals surface area contributed by atoms with Gasteiger partial charge in [-0.1, -0.05) is 26.0 Å². The number of oxazole rings is 1. The van der Waals surface area contributed by atoms with Gasteiger partial charge in [-0.05, 0) is 18.6 Å². The number of ketones is 1. The molecule has 20 heavy (non-hydrogen) atoms. The van der Waals surface area contributed by atoms with Crippen molar-refractivity contribution in [2.24, 2.45) is 11.1 Å². The summed E-state index contributed by atoms with van der Waals surface area (Å²) in [5.74, 6) is -0.169. The first-order chi connectivity index (χ1) is 9.40. The molecule has 2 N–H and O–H groups in total. The number of Topliss-reactive ketones (excluding diaryl/α,β-unsaturated/α-hetero) is 1. The molecule has 0 aliphatic heterocycles. The van der Waals surface area contributed by atoms with Crippen molar-refractivity contribution in [1.29, 1.82) is 0 Å². The Hall–Kier alpha value is -2.37. The Morgan fingerprint density at radius 3 is 2.70 bits per heavy atom. The standard InChI is InChI=1S/C14H16N2O4/c1-14(2,7-8-19-13(15)18)11(17)12-16-9-5-3-4-6-10(9)20-12/h3-6H,7-8H2,1-2H3,(H2,15,18). The monoisotopic (exact) mass is 276 g/mol. The molecule has 0 unspecified atom stereocenters. The summed E-state index contributed by atoms with van der Waals surface area (Å²) in [6.07, 6.45) is -0.511. The molecular weight excluding hydrogens is 260 g/mol. The molecule has 0 spiro atoms. The first kappa shape index (κ1) is 14.0. The number of hydrogen-bond acceptors (Lipinski definition) is 5. The summed E-state index contributed by atoms with van der Waals surface area (Å²) in [7, 11) is 0. The van der Waals surface area contributed by atoms with Crippen LogP contribution in [0.4, 0.5) is 4.79 Å². The van der Waals surface area contributed by atoms with Gasteiger partial charge in [0.25, 0.3) is 5.89 Å². The van der Waals surface area contributed by atoms with Crippen molar-refractivity contribution in [2.75, 3.05) is 6.61 Å². The van der Waals surface area contributed by atoms with E-state index in [4.69, 9.17) is 10.2 Å². The number of para-hydroxylation sites is 2. The molecule has 6 nitrogen and oxygen atoms in total. The highest BCUT2D eigenvalue weighted by molar-refractivity contribution is 5.97. The molecule has 0 atom stereocenters. The van der Waals surface area contributed by atoms with Crippen LogP contribution < -0.4 is 5.73 Å². The number of amides is 1. The lowest BCUT2D eigenvalue weighted by Gasteiger charge is -2.20. The van der Waals surface area contributed by atoms with Crippen molar-refractivity contribution in [3.63, 3.8) is 0 Å². The Bertz CT molecular complexity index is 612. The molecule has 1 amide bonds. The second-order valence-electron chi connectivity index (χ2n) is 5.12. The van der Waals surface area contributed by atoms with Gasteiger partial charge in [-0.25, -0.2) is 9.78 Å². The summed E-state index contributed by atoms with van der Waals surface area (Å²) in [5, 5.41) is 0. The number of ether oxygens (including phenoxy) is 1. The van der Waals surface area contributed by atoms with Gasteiger partial charge in [-0.2, -0.15) is 0 Å². The van der Waals surface area contributed by atoms with Gasteiger partial charge in [0, 0.05) is 5.41 Å². The molecule has 106 valence electrons. The first-order valence-corrected chi connectivity index (χ1v) is 6.23. The number of carbonyl (C=O) groups excluding carboxylic acids is 2. The molecule has 0 radical (unpaired) electrons. The zero-order valence-electron chi connectivity index (χ0n) is 11.4. The summed E-state index contributed by atoms with van der Waals surface area (Å²) >= 11 is 0. The number of rotatable bonds is 5. The Balaban J connectivity index is 2.14. The molecule has 1 heterocycles. The highest BCUT2D eigenvalue weighted by Gasteiger charge is 2.32. The molecule has 0 saturated heterocycles. The number of hydrogen-bond donors (Lipinski definition) is 1. The maximum absolute atomic E-state index is 12.4. The minimum absolute atomic E-state index is 0.0651. The van der Waals surface area contributed by atoms with Crippen LogP contribution in [-0.2, 0) is 4.74 Å². The lowest BCUT2D eigenvalue weighted by molar-refractivity contribution is 0.0740. The molecule has 2 rings (SSSR count). The van der Waals surface area contributed by atoms with Gasteiger partial charge in [-0.3, -0.25) is 4.79 Å². The van der Waals surface area contributed by atoms with E-state index in [1.54, 1.807) is 26.0 Å². The molecule has 0 bridgehead atoms. The second-order valence-corrected chi connectivity index (χ2v) is 5.12. The maximum Gasteiger partial charge on any atom is 0.404 e. The van der Waals surface area contributed by atoms with Crippen LogP contribution in [0, 0.1) is 5.41 Å². The fraction of sp³-hybridized carbons (Fsp3) is 0.357. The first-order valence-electron chi connectivity index (χ1n) is 6.23. The minimum atomic E-state index is -0.852. The van der Waals surface area contributed by atoms with Gasteiger partial charge >= 0.3 is 6.09 Å². The molecule has 2 aromatic rings. The summed E-state index contributed by atoms with van der Waals surface area (Å²) in [4.78, 5) is 27.1. The van der Waals surface area contributed by atoms with Gasteiger partial charge in [0.1, 0.15) is 5.52 Å². The number of nitrogens with zero attached hydrogens (tertiary/aromatic N) is 1. The fourth-order valence-electron chi connectivity index (χ4n) is 1.78. The fourth-order valence-corrected chi connectivity index (χ4v) is 1.78. The molecule has 0 fully saturated rings.